The first-order valence-corrected chi connectivity index (χ1v) is 12.4. The van der Waals surface area contributed by atoms with Crippen molar-refractivity contribution in [3.05, 3.63) is 94.0 Å². The highest BCUT2D eigenvalue weighted by Gasteiger charge is 2.13. The summed E-state index contributed by atoms with van der Waals surface area (Å²) in [6, 6.07) is 22.9. The van der Waals surface area contributed by atoms with Crippen molar-refractivity contribution >= 4 is 38.8 Å². The average molecular weight is 563 g/mol. The number of hydrogen-bond donors (Lipinski definition) is 1. The van der Waals surface area contributed by atoms with Crippen LogP contribution < -0.4 is 24.4 Å². The van der Waals surface area contributed by atoms with Gasteiger partial charge in [-0.2, -0.15) is 5.10 Å². The van der Waals surface area contributed by atoms with Gasteiger partial charge in [-0.05, 0) is 75.1 Å². The number of carbonyl (C=O) groups excluding carboxylic acids is 1. The maximum absolute atomic E-state index is 12.6. The topological polar surface area (TPSA) is 78.4 Å². The zero-order valence-electron chi connectivity index (χ0n) is 20.8. The lowest BCUT2D eigenvalue weighted by Crippen LogP contribution is -2.17. The Labute approximate surface area is 224 Å². The van der Waals surface area contributed by atoms with E-state index in [1.165, 1.54) is 13.3 Å². The summed E-state index contributed by atoms with van der Waals surface area (Å²) in [5.74, 6) is 1.80. The summed E-state index contributed by atoms with van der Waals surface area (Å²) in [6.07, 6.45) is 1.53. The minimum absolute atomic E-state index is 0.376. The van der Waals surface area contributed by atoms with Gasteiger partial charge in [-0.3, -0.25) is 4.79 Å². The Hall–Kier alpha value is -4.04. The minimum Gasteiger partial charge on any atom is -0.493 e. The van der Waals surface area contributed by atoms with E-state index in [4.69, 9.17) is 18.9 Å². The highest BCUT2D eigenvalue weighted by Crippen LogP contribution is 2.37. The molecule has 0 aliphatic carbocycles. The van der Waals surface area contributed by atoms with Crippen molar-refractivity contribution in [3.8, 4) is 23.0 Å². The number of nitrogens with zero attached hydrogens (tertiary/aromatic N) is 1. The van der Waals surface area contributed by atoms with E-state index in [2.05, 4.69) is 44.7 Å². The van der Waals surface area contributed by atoms with E-state index in [-0.39, 0.29) is 5.91 Å². The van der Waals surface area contributed by atoms with E-state index in [0.717, 1.165) is 16.3 Å². The SMILES string of the molecule is CCOc1ccc(C(=O)N/N=C/c2cc(Br)c(OCc3cccc4ccccc34)c(OC)c2)cc1OC. The molecule has 0 spiro atoms. The van der Waals surface area contributed by atoms with Crippen molar-refractivity contribution in [2.45, 2.75) is 13.5 Å². The summed E-state index contributed by atoms with van der Waals surface area (Å²) >= 11 is 3.58. The molecule has 190 valence electrons. The fraction of sp³-hybridized carbons (Fsp3) is 0.172. The zero-order valence-corrected chi connectivity index (χ0v) is 22.4. The van der Waals surface area contributed by atoms with Gasteiger partial charge in [-0.1, -0.05) is 42.5 Å². The number of carbonyl (C=O) groups is 1. The Morgan fingerprint density at radius 2 is 1.70 bits per heavy atom. The zero-order chi connectivity index (χ0) is 26.2. The van der Waals surface area contributed by atoms with Gasteiger partial charge in [0.25, 0.3) is 5.91 Å². The van der Waals surface area contributed by atoms with Gasteiger partial charge in [0.15, 0.2) is 23.0 Å². The van der Waals surface area contributed by atoms with Crippen molar-refractivity contribution in [2.75, 3.05) is 20.8 Å². The minimum atomic E-state index is -0.376. The molecule has 37 heavy (non-hydrogen) atoms. The monoisotopic (exact) mass is 562 g/mol. The van der Waals surface area contributed by atoms with Crippen LogP contribution in [0.1, 0.15) is 28.4 Å². The molecule has 0 unspecified atom stereocenters. The van der Waals surface area contributed by atoms with Gasteiger partial charge >= 0.3 is 0 Å². The standard InChI is InChI=1S/C29H27BrN2O5/c1-4-36-25-13-12-21(16-26(25)34-2)29(33)32-31-17-19-14-24(30)28(27(15-19)35-3)37-18-22-10-7-9-20-8-5-6-11-23(20)22/h5-17H,4,18H2,1-3H3,(H,32,33)/b31-17+. The van der Waals surface area contributed by atoms with Crippen molar-refractivity contribution in [1.82, 2.24) is 5.43 Å². The van der Waals surface area contributed by atoms with E-state index < -0.39 is 0 Å². The largest absolute Gasteiger partial charge is 0.493 e. The summed E-state index contributed by atoms with van der Waals surface area (Å²) in [4.78, 5) is 12.6. The van der Waals surface area contributed by atoms with E-state index in [1.54, 1.807) is 31.4 Å². The number of fused-ring (bicyclic) bond motifs is 1. The summed E-state index contributed by atoms with van der Waals surface area (Å²) in [5, 5.41) is 6.39. The van der Waals surface area contributed by atoms with Gasteiger partial charge in [-0.15, -0.1) is 0 Å². The molecule has 0 aliphatic rings. The predicted octanol–water partition coefficient (Wildman–Crippen LogP) is 6.36. The predicted molar refractivity (Wildman–Crippen MR) is 148 cm³/mol. The van der Waals surface area contributed by atoms with Crippen LogP contribution in [0.15, 0.2) is 82.4 Å². The van der Waals surface area contributed by atoms with Crippen LogP contribution in [-0.4, -0.2) is 32.9 Å². The molecule has 0 fully saturated rings. The molecule has 4 rings (SSSR count). The average Bonchev–Trinajstić information content (AvgIpc) is 2.92. The molecule has 0 aromatic heterocycles. The second-order valence-electron chi connectivity index (χ2n) is 7.96. The number of rotatable bonds is 10. The van der Waals surface area contributed by atoms with Crippen LogP contribution in [0.5, 0.6) is 23.0 Å². The first-order valence-electron chi connectivity index (χ1n) is 11.6. The number of benzene rings is 4. The summed E-state index contributed by atoms with van der Waals surface area (Å²) in [7, 11) is 3.10. The molecular weight excluding hydrogens is 536 g/mol. The van der Waals surface area contributed by atoms with Crippen LogP contribution in [0, 0.1) is 0 Å². The van der Waals surface area contributed by atoms with Gasteiger partial charge in [-0.25, -0.2) is 5.43 Å². The molecule has 0 saturated heterocycles. The van der Waals surface area contributed by atoms with Gasteiger partial charge in [0, 0.05) is 5.56 Å². The highest BCUT2D eigenvalue weighted by molar-refractivity contribution is 9.10. The number of amides is 1. The molecule has 0 bridgehead atoms. The molecule has 7 nitrogen and oxygen atoms in total. The summed E-state index contributed by atoms with van der Waals surface area (Å²) in [5.41, 5.74) is 4.72. The smallest absolute Gasteiger partial charge is 0.271 e. The first kappa shape index (κ1) is 26.0. The lowest BCUT2D eigenvalue weighted by Gasteiger charge is -2.14. The molecule has 1 N–H and O–H groups in total. The quantitative estimate of drug-likeness (QED) is 0.180. The maximum Gasteiger partial charge on any atom is 0.271 e. The van der Waals surface area contributed by atoms with Gasteiger partial charge in [0.1, 0.15) is 6.61 Å². The summed E-state index contributed by atoms with van der Waals surface area (Å²) < 4.78 is 23.2. The summed E-state index contributed by atoms with van der Waals surface area (Å²) in [6.45, 7) is 2.76. The number of ether oxygens (including phenoxy) is 4. The van der Waals surface area contributed by atoms with Crippen molar-refractivity contribution < 1.29 is 23.7 Å². The number of hydrogen-bond acceptors (Lipinski definition) is 6. The normalized spacial score (nSPS) is 10.9. The van der Waals surface area contributed by atoms with Gasteiger partial charge in [0.2, 0.25) is 0 Å². The van der Waals surface area contributed by atoms with Gasteiger partial charge < -0.3 is 18.9 Å². The van der Waals surface area contributed by atoms with Crippen LogP contribution in [0.3, 0.4) is 0 Å². The lowest BCUT2D eigenvalue weighted by atomic mass is 10.1. The van der Waals surface area contributed by atoms with Crippen LogP contribution in [0.25, 0.3) is 10.8 Å². The lowest BCUT2D eigenvalue weighted by molar-refractivity contribution is 0.0954. The number of hydrazone groups is 1. The van der Waals surface area contributed by atoms with Crippen LogP contribution >= 0.6 is 15.9 Å². The fourth-order valence-corrected chi connectivity index (χ4v) is 4.41. The third kappa shape index (κ3) is 6.21. The van der Waals surface area contributed by atoms with Crippen molar-refractivity contribution in [3.63, 3.8) is 0 Å². The van der Waals surface area contributed by atoms with Crippen molar-refractivity contribution in [1.29, 1.82) is 0 Å². The Kier molecular flexibility index (Phi) is 8.64. The third-order valence-electron chi connectivity index (χ3n) is 5.61. The number of halogens is 1. The fourth-order valence-electron chi connectivity index (χ4n) is 3.84. The number of methoxy groups -OCH3 is 2. The first-order chi connectivity index (χ1) is 18.0. The van der Waals surface area contributed by atoms with Crippen LogP contribution in [0.4, 0.5) is 0 Å². The third-order valence-corrected chi connectivity index (χ3v) is 6.20. The molecular formula is C29H27BrN2O5. The molecule has 4 aromatic rings. The number of nitrogens with one attached hydrogen (secondary N) is 1. The molecule has 8 heteroatoms. The van der Waals surface area contributed by atoms with Gasteiger partial charge in [0.05, 0.1) is 31.5 Å². The Morgan fingerprint density at radius 1 is 0.919 bits per heavy atom. The van der Waals surface area contributed by atoms with Crippen molar-refractivity contribution in [2.24, 2.45) is 5.10 Å². The second kappa shape index (κ2) is 12.3. The van der Waals surface area contributed by atoms with E-state index in [0.29, 0.717) is 51.8 Å². The Morgan fingerprint density at radius 3 is 2.49 bits per heavy atom. The van der Waals surface area contributed by atoms with E-state index >= 15 is 0 Å². The van der Waals surface area contributed by atoms with Crippen LogP contribution in [-0.2, 0) is 6.61 Å². The second-order valence-corrected chi connectivity index (χ2v) is 8.81. The molecule has 0 radical (unpaired) electrons. The molecule has 4 aromatic carbocycles. The molecule has 0 atom stereocenters. The van der Waals surface area contributed by atoms with E-state index in [9.17, 15) is 4.79 Å². The van der Waals surface area contributed by atoms with Crippen LogP contribution in [0.2, 0.25) is 0 Å². The maximum atomic E-state index is 12.6. The van der Waals surface area contributed by atoms with E-state index in [1.807, 2.05) is 37.3 Å². The molecule has 0 heterocycles. The Balaban J connectivity index is 1.45. The molecule has 0 saturated carbocycles. The Bertz CT molecular complexity index is 1430. The highest BCUT2D eigenvalue weighted by atomic mass is 79.9. The molecule has 1 amide bonds. The molecule has 0 aliphatic heterocycles.